The highest BCUT2D eigenvalue weighted by Gasteiger charge is 2.19. The second-order valence-corrected chi connectivity index (χ2v) is 17.3. The first kappa shape index (κ1) is 38.7. The van der Waals surface area contributed by atoms with Gasteiger partial charge in [-0.3, -0.25) is 4.57 Å². The molecule has 0 N–H and O–H groups in total. The van der Waals surface area contributed by atoms with Gasteiger partial charge in [0.15, 0.2) is 22.8 Å². The van der Waals surface area contributed by atoms with Crippen LogP contribution in [0, 0.1) is 0 Å². The maximum absolute atomic E-state index is 6.22. The Hall–Kier alpha value is -9.53. The molecule has 0 bridgehead atoms. The summed E-state index contributed by atoms with van der Waals surface area (Å²) in [7, 11) is 0. The van der Waals surface area contributed by atoms with Gasteiger partial charge in [0.2, 0.25) is 17.7 Å². The van der Waals surface area contributed by atoms with Gasteiger partial charge in [0.25, 0.3) is 0 Å². The fourth-order valence-electron chi connectivity index (χ4n) is 9.61. The summed E-state index contributed by atoms with van der Waals surface area (Å²) in [5.74, 6) is 2.95. The van der Waals surface area contributed by atoms with Crippen LogP contribution in [0.5, 0.6) is 0 Å². The van der Waals surface area contributed by atoms with Crippen LogP contribution in [0.2, 0.25) is 0 Å². The topological polar surface area (TPSA) is 95.7 Å². The first-order valence-corrected chi connectivity index (χ1v) is 22.9. The van der Waals surface area contributed by atoms with Gasteiger partial charge < -0.3 is 8.83 Å². The lowest BCUT2D eigenvalue weighted by atomic mass is 9.99. The summed E-state index contributed by atoms with van der Waals surface area (Å²) in [6.07, 6.45) is 0. The number of nitrogens with zero attached hydrogens (tertiary/aromatic N) is 6. The third-order valence-corrected chi connectivity index (χ3v) is 13.1. The zero-order valence-electron chi connectivity index (χ0n) is 36.8. The van der Waals surface area contributed by atoms with Gasteiger partial charge in [-0.1, -0.05) is 133 Å². The predicted octanol–water partition coefficient (Wildman–Crippen LogP) is 15.6. The van der Waals surface area contributed by atoms with E-state index < -0.39 is 0 Å². The van der Waals surface area contributed by atoms with E-state index in [4.69, 9.17) is 33.8 Å². The van der Waals surface area contributed by atoms with Gasteiger partial charge in [0.05, 0.1) is 11.0 Å². The van der Waals surface area contributed by atoms with Gasteiger partial charge in [-0.15, -0.1) is 0 Å². The van der Waals surface area contributed by atoms with Crippen LogP contribution in [0.25, 0.3) is 139 Å². The Morgan fingerprint density at radius 2 is 0.667 bits per heavy atom. The third-order valence-electron chi connectivity index (χ3n) is 13.1. The van der Waals surface area contributed by atoms with Gasteiger partial charge in [-0.2, -0.15) is 9.97 Å². The Morgan fingerprint density at radius 3 is 1.13 bits per heavy atom. The molecule has 0 radical (unpaired) electrons. The zero-order valence-corrected chi connectivity index (χ0v) is 36.8. The second-order valence-electron chi connectivity index (χ2n) is 17.3. The molecule has 0 aliphatic rings. The number of fused-ring (bicyclic) bond motifs is 7. The summed E-state index contributed by atoms with van der Waals surface area (Å²) >= 11 is 0. The number of oxazole rings is 2. The quantitative estimate of drug-likeness (QED) is 0.157. The van der Waals surface area contributed by atoms with E-state index in [2.05, 4.69) is 150 Å². The molecule has 0 spiro atoms. The molecule has 0 fully saturated rings. The smallest absolute Gasteiger partial charge is 0.238 e. The Bertz CT molecular complexity index is 4050. The van der Waals surface area contributed by atoms with Crippen molar-refractivity contribution in [3.05, 3.63) is 218 Å². The third kappa shape index (κ3) is 6.73. The van der Waals surface area contributed by atoms with Crippen molar-refractivity contribution in [1.29, 1.82) is 0 Å². The highest BCUT2D eigenvalue weighted by atomic mass is 16.4. The Morgan fingerprint density at radius 1 is 0.290 bits per heavy atom. The number of hydrogen-bond donors (Lipinski definition) is 0. The Labute approximate surface area is 394 Å². The first-order chi connectivity index (χ1) is 34.1. The maximum atomic E-state index is 6.22. The molecule has 0 aliphatic carbocycles. The van der Waals surface area contributed by atoms with E-state index in [1.807, 2.05) is 72.8 Å². The molecule has 0 unspecified atom stereocenters. The van der Waals surface area contributed by atoms with E-state index in [0.717, 1.165) is 110 Å². The summed E-state index contributed by atoms with van der Waals surface area (Å²) in [4.78, 5) is 25.2. The fraction of sp³-hybridized carbons (Fsp3) is 0. The van der Waals surface area contributed by atoms with Crippen LogP contribution in [-0.2, 0) is 0 Å². The van der Waals surface area contributed by atoms with Crippen LogP contribution in [-0.4, -0.2) is 29.5 Å². The standard InChI is InChI=1S/C61H36N6O2/c1-3-11-37(12-4-1)59-62-51-29-27-45(35-55(51)68-59)41-19-21-43-33-47(25-23-39(43)31-41)57-64-58(66-61(65-57)67-53-17-9-7-15-49(53)50-16-8-10-18-54(50)67)48-26-24-40-32-42(20-22-44(40)34-48)46-28-30-52-56(36-46)69-60(63-52)38-13-5-2-6-14-38/h1-36H. The fourth-order valence-corrected chi connectivity index (χ4v) is 9.61. The van der Waals surface area contributed by atoms with Crippen LogP contribution in [0.3, 0.4) is 0 Å². The summed E-state index contributed by atoms with van der Waals surface area (Å²) in [5.41, 5.74) is 13.2. The minimum atomic E-state index is 0.551. The van der Waals surface area contributed by atoms with Crippen LogP contribution in [0.4, 0.5) is 0 Å². The average Bonchev–Trinajstić information content (AvgIpc) is 4.15. The van der Waals surface area contributed by atoms with Crippen molar-refractivity contribution in [1.82, 2.24) is 29.5 Å². The zero-order chi connectivity index (χ0) is 45.4. The number of aromatic nitrogens is 6. The normalized spacial score (nSPS) is 11.8. The van der Waals surface area contributed by atoms with Crippen molar-refractivity contribution in [3.63, 3.8) is 0 Å². The second kappa shape index (κ2) is 15.5. The highest BCUT2D eigenvalue weighted by molar-refractivity contribution is 6.09. The summed E-state index contributed by atoms with van der Waals surface area (Å²) in [5, 5.41) is 6.62. The van der Waals surface area contributed by atoms with Crippen molar-refractivity contribution >= 4 is 65.6 Å². The van der Waals surface area contributed by atoms with Crippen molar-refractivity contribution in [2.75, 3.05) is 0 Å². The minimum Gasteiger partial charge on any atom is -0.436 e. The average molecular weight is 885 g/mol. The predicted molar refractivity (Wildman–Crippen MR) is 277 cm³/mol. The lowest BCUT2D eigenvalue weighted by molar-refractivity contribution is 0.619. The van der Waals surface area contributed by atoms with E-state index >= 15 is 0 Å². The van der Waals surface area contributed by atoms with E-state index in [1.165, 1.54) is 0 Å². The van der Waals surface area contributed by atoms with E-state index in [9.17, 15) is 0 Å². The van der Waals surface area contributed by atoms with Gasteiger partial charge in [-0.25, -0.2) is 15.0 Å². The molecule has 0 saturated carbocycles. The van der Waals surface area contributed by atoms with E-state index in [1.54, 1.807) is 0 Å². The molecule has 14 rings (SSSR count). The molecule has 322 valence electrons. The molecular formula is C61H36N6O2. The highest BCUT2D eigenvalue weighted by Crippen LogP contribution is 2.36. The van der Waals surface area contributed by atoms with E-state index in [-0.39, 0.29) is 0 Å². The molecule has 8 heteroatoms. The van der Waals surface area contributed by atoms with Crippen LogP contribution < -0.4 is 0 Å². The largest absolute Gasteiger partial charge is 0.436 e. The van der Waals surface area contributed by atoms with Gasteiger partial charge in [-0.05, 0) is 129 Å². The lowest BCUT2D eigenvalue weighted by Crippen LogP contribution is -2.06. The van der Waals surface area contributed by atoms with Crippen molar-refractivity contribution in [2.45, 2.75) is 0 Å². The summed E-state index contributed by atoms with van der Waals surface area (Å²) < 4.78 is 14.6. The number of para-hydroxylation sites is 2. The molecular weight excluding hydrogens is 849 g/mol. The minimum absolute atomic E-state index is 0.551. The first-order valence-electron chi connectivity index (χ1n) is 22.9. The number of rotatable bonds is 7. The maximum Gasteiger partial charge on any atom is 0.238 e. The van der Waals surface area contributed by atoms with Gasteiger partial charge in [0.1, 0.15) is 11.0 Å². The molecule has 69 heavy (non-hydrogen) atoms. The lowest BCUT2D eigenvalue weighted by Gasteiger charge is -2.12. The van der Waals surface area contributed by atoms with Gasteiger partial charge >= 0.3 is 0 Å². The molecule has 0 amide bonds. The molecule has 0 atom stereocenters. The Kier molecular flexibility index (Phi) is 8.72. The van der Waals surface area contributed by atoms with Crippen LogP contribution in [0.15, 0.2) is 227 Å². The van der Waals surface area contributed by atoms with E-state index in [0.29, 0.717) is 29.4 Å². The Balaban J connectivity index is 0.846. The summed E-state index contributed by atoms with van der Waals surface area (Å²) in [6.45, 7) is 0. The SMILES string of the molecule is c1ccc(-c2nc3ccc(-c4ccc5cc(-c6nc(-c7ccc8cc(-c9ccc%10nc(-c%11ccccc%11)oc%10c9)ccc8c7)nc(-n7c8ccccc8c8ccccc87)n6)ccc5c4)cc3o2)cc1. The van der Waals surface area contributed by atoms with Crippen molar-refractivity contribution in [2.24, 2.45) is 0 Å². The molecule has 8 nitrogen and oxygen atoms in total. The van der Waals surface area contributed by atoms with Crippen molar-refractivity contribution < 1.29 is 8.83 Å². The monoisotopic (exact) mass is 884 g/mol. The van der Waals surface area contributed by atoms with Gasteiger partial charge in [0, 0.05) is 33.0 Å². The molecule has 0 aliphatic heterocycles. The molecule has 4 aromatic heterocycles. The molecule has 14 aromatic rings. The molecule has 10 aromatic carbocycles. The number of benzene rings is 10. The molecule has 0 saturated heterocycles. The van der Waals surface area contributed by atoms with Crippen LogP contribution in [0.1, 0.15) is 0 Å². The number of hydrogen-bond acceptors (Lipinski definition) is 7. The van der Waals surface area contributed by atoms with Crippen LogP contribution >= 0.6 is 0 Å². The van der Waals surface area contributed by atoms with Crippen molar-refractivity contribution in [3.8, 4) is 73.9 Å². The summed E-state index contributed by atoms with van der Waals surface area (Å²) in [6, 6.07) is 75.1. The molecule has 4 heterocycles.